The van der Waals surface area contributed by atoms with Crippen molar-refractivity contribution in [2.45, 2.75) is 54.4 Å². The Bertz CT molecular complexity index is 1290. The number of rotatable bonds is 4. The summed E-state index contributed by atoms with van der Waals surface area (Å²) in [5, 5.41) is 1.03. The standard InChI is InChI=1S/C22H21F4O4S2/c23-20-9-14-7-15(10-20)12-21(11-14,13-20)31(27,28)19(32(29,30)22(24,25)26)18-6-5-16-3-1-2-4-17(16)8-18/h1-6,8,14-15H,7,9-13H2/q-1. The molecule has 4 aliphatic rings. The Morgan fingerprint density at radius 2 is 1.47 bits per heavy atom. The smallest absolute Gasteiger partial charge is 0.244 e. The molecule has 2 aromatic rings. The van der Waals surface area contributed by atoms with Gasteiger partial charge in [0.2, 0.25) is 9.84 Å². The molecule has 0 spiro atoms. The lowest BCUT2D eigenvalue weighted by atomic mass is 9.54. The summed E-state index contributed by atoms with van der Waals surface area (Å²) < 4.78 is 106. The molecule has 0 amide bonds. The molecule has 0 N–H and O–H groups in total. The molecule has 4 fully saturated rings. The van der Waals surface area contributed by atoms with Crippen molar-refractivity contribution in [3.8, 4) is 0 Å². The van der Waals surface area contributed by atoms with Crippen LogP contribution in [0.25, 0.3) is 10.8 Å². The molecule has 4 nitrogen and oxygen atoms in total. The minimum absolute atomic E-state index is 0.0119. The zero-order valence-electron chi connectivity index (χ0n) is 16.9. The zero-order chi connectivity index (χ0) is 23.2. The molecule has 2 atom stereocenters. The first-order valence-corrected chi connectivity index (χ1v) is 13.3. The van der Waals surface area contributed by atoms with Gasteiger partial charge in [0.25, 0.3) is 0 Å². The van der Waals surface area contributed by atoms with Crippen molar-refractivity contribution in [2.75, 3.05) is 0 Å². The fourth-order valence-corrected chi connectivity index (χ4v) is 11.3. The molecule has 10 heteroatoms. The van der Waals surface area contributed by atoms with E-state index in [1.807, 2.05) is 0 Å². The van der Waals surface area contributed by atoms with Crippen molar-refractivity contribution < 1.29 is 34.4 Å². The highest BCUT2D eigenvalue weighted by Gasteiger charge is 2.66. The third-order valence-electron chi connectivity index (χ3n) is 7.28. The van der Waals surface area contributed by atoms with E-state index >= 15 is 4.39 Å². The lowest BCUT2D eigenvalue weighted by Crippen LogP contribution is -2.61. The van der Waals surface area contributed by atoms with E-state index < -0.39 is 52.2 Å². The molecular weight excluding hydrogens is 468 g/mol. The molecule has 174 valence electrons. The van der Waals surface area contributed by atoms with Crippen molar-refractivity contribution in [3.63, 3.8) is 0 Å². The second kappa shape index (κ2) is 6.62. The average molecular weight is 490 g/mol. The summed E-state index contributed by atoms with van der Waals surface area (Å²) in [6.07, 6.45) is 0.500. The van der Waals surface area contributed by atoms with Crippen LogP contribution in [-0.4, -0.2) is 32.8 Å². The monoisotopic (exact) mass is 489 g/mol. The van der Waals surface area contributed by atoms with Gasteiger partial charge in [0.1, 0.15) is 15.5 Å². The normalized spacial score (nSPS) is 32.4. The Labute approximate surface area is 183 Å². The summed E-state index contributed by atoms with van der Waals surface area (Å²) in [5.74, 6) is -0.551. The zero-order valence-corrected chi connectivity index (χ0v) is 18.5. The van der Waals surface area contributed by atoms with Crippen molar-refractivity contribution in [2.24, 2.45) is 11.8 Å². The molecule has 0 aromatic heterocycles. The fraction of sp³-hybridized carbons (Fsp3) is 0.500. The maximum Gasteiger partial charge on any atom is 0.491 e. The molecule has 6 rings (SSSR count). The van der Waals surface area contributed by atoms with Crippen molar-refractivity contribution >= 4 is 30.4 Å². The van der Waals surface area contributed by atoms with Crippen LogP contribution in [0.1, 0.15) is 44.1 Å². The second-order valence-corrected chi connectivity index (χ2v) is 14.0. The van der Waals surface area contributed by atoms with Crippen LogP contribution < -0.4 is 0 Å². The van der Waals surface area contributed by atoms with Gasteiger partial charge in [-0.15, -0.1) is 6.07 Å². The topological polar surface area (TPSA) is 68.3 Å². The Hall–Kier alpha value is -1.81. The van der Waals surface area contributed by atoms with E-state index in [0.717, 1.165) is 12.1 Å². The fourth-order valence-electron chi connectivity index (χ4n) is 6.46. The molecule has 4 bridgehead atoms. The van der Waals surface area contributed by atoms with E-state index in [0.29, 0.717) is 17.2 Å². The Morgan fingerprint density at radius 1 is 0.875 bits per heavy atom. The Morgan fingerprint density at radius 3 is 2.03 bits per heavy atom. The second-order valence-electron chi connectivity index (χ2n) is 9.60. The van der Waals surface area contributed by atoms with E-state index in [1.165, 1.54) is 6.07 Å². The first-order chi connectivity index (χ1) is 14.8. The van der Waals surface area contributed by atoms with Crippen LogP contribution >= 0.6 is 0 Å². The van der Waals surface area contributed by atoms with E-state index in [-0.39, 0.29) is 37.5 Å². The van der Waals surface area contributed by atoms with Gasteiger partial charge in [0.15, 0.2) is 0 Å². The molecular formula is C22H21F4O4S2-. The van der Waals surface area contributed by atoms with Gasteiger partial charge >= 0.3 is 5.51 Å². The minimum atomic E-state index is -6.23. The van der Waals surface area contributed by atoms with Gasteiger partial charge in [-0.05, 0) is 49.3 Å². The van der Waals surface area contributed by atoms with Gasteiger partial charge in [0, 0.05) is 6.42 Å². The summed E-state index contributed by atoms with van der Waals surface area (Å²) in [6, 6.07) is 10.2. The highest BCUT2D eigenvalue weighted by atomic mass is 32.3. The van der Waals surface area contributed by atoms with Crippen molar-refractivity contribution in [1.29, 1.82) is 0 Å². The quantitative estimate of drug-likeness (QED) is 0.443. The lowest BCUT2D eigenvalue weighted by molar-refractivity contribution is -0.0621. The maximum absolute atomic E-state index is 15.4. The van der Waals surface area contributed by atoms with E-state index in [2.05, 4.69) is 0 Å². The summed E-state index contributed by atoms with van der Waals surface area (Å²) >= 11 is 0. The van der Waals surface area contributed by atoms with E-state index in [4.69, 9.17) is 0 Å². The predicted octanol–water partition coefficient (Wildman–Crippen LogP) is 5.09. The minimum Gasteiger partial charge on any atom is -0.244 e. The molecule has 4 saturated carbocycles. The van der Waals surface area contributed by atoms with Gasteiger partial charge in [-0.25, -0.2) is 21.2 Å². The van der Waals surface area contributed by atoms with Gasteiger partial charge < -0.3 is 0 Å². The van der Waals surface area contributed by atoms with Crippen molar-refractivity contribution in [3.05, 3.63) is 52.6 Å². The molecule has 32 heavy (non-hydrogen) atoms. The highest BCUT2D eigenvalue weighted by Crippen LogP contribution is 2.63. The average Bonchev–Trinajstić information content (AvgIpc) is 2.64. The molecule has 0 heterocycles. The number of halogens is 4. The molecule has 0 aliphatic heterocycles. The summed E-state index contributed by atoms with van der Waals surface area (Å²) in [7, 11) is -11.3. The van der Waals surface area contributed by atoms with Crippen LogP contribution in [0, 0.1) is 16.4 Å². The van der Waals surface area contributed by atoms with Crippen LogP contribution in [0.5, 0.6) is 0 Å². The highest BCUT2D eigenvalue weighted by molar-refractivity contribution is 8.14. The predicted molar refractivity (Wildman–Crippen MR) is 111 cm³/mol. The first-order valence-electron chi connectivity index (χ1n) is 10.4. The number of alkyl halides is 4. The SMILES string of the molecule is O=S(=O)([C-](c1ccc2ccccc2c1)S(=O)(=O)C12CC3CC(CC(F)(C3)C1)C2)C(F)(F)F. The summed E-state index contributed by atoms with van der Waals surface area (Å²) in [5.41, 5.74) is -8.13. The van der Waals surface area contributed by atoms with Crippen LogP contribution in [0.15, 0.2) is 42.5 Å². The molecule has 2 unspecified atom stereocenters. The van der Waals surface area contributed by atoms with Crippen LogP contribution in [0.4, 0.5) is 17.6 Å². The largest absolute Gasteiger partial charge is 0.491 e. The maximum atomic E-state index is 15.4. The van der Waals surface area contributed by atoms with Crippen LogP contribution in [0.3, 0.4) is 0 Å². The third-order valence-corrected chi connectivity index (χ3v) is 12.3. The molecule has 2 aromatic carbocycles. The summed E-state index contributed by atoms with van der Waals surface area (Å²) in [4.78, 5) is 0. The molecule has 4 aliphatic carbocycles. The number of sulfone groups is 2. The van der Waals surface area contributed by atoms with E-state index in [1.54, 1.807) is 24.3 Å². The van der Waals surface area contributed by atoms with Crippen LogP contribution in [0.2, 0.25) is 0 Å². The number of fused-ring (bicyclic) bond motifs is 1. The summed E-state index contributed by atoms with van der Waals surface area (Å²) in [6.45, 7) is 0. The number of hydrogen-bond acceptors (Lipinski definition) is 4. The van der Waals surface area contributed by atoms with Gasteiger partial charge in [-0.3, -0.25) is 0 Å². The number of benzene rings is 2. The third kappa shape index (κ3) is 3.09. The Balaban J connectivity index is 1.72. The molecule has 0 radical (unpaired) electrons. The van der Waals surface area contributed by atoms with E-state index in [9.17, 15) is 30.0 Å². The first kappa shape index (κ1) is 22.0. The van der Waals surface area contributed by atoms with Gasteiger partial charge in [0.05, 0.1) is 9.33 Å². The number of hydrogen-bond donors (Lipinski definition) is 0. The lowest BCUT2D eigenvalue weighted by Gasteiger charge is -2.59. The van der Waals surface area contributed by atoms with Gasteiger partial charge in [-0.1, -0.05) is 29.7 Å². The van der Waals surface area contributed by atoms with Crippen molar-refractivity contribution in [1.82, 2.24) is 0 Å². The van der Waals surface area contributed by atoms with Crippen LogP contribution in [-0.2, 0) is 19.7 Å². The Kier molecular flexibility index (Phi) is 4.55. The van der Waals surface area contributed by atoms with Gasteiger partial charge in [-0.2, -0.15) is 30.9 Å². The molecule has 0 saturated heterocycles.